The van der Waals surface area contributed by atoms with Gasteiger partial charge in [0, 0.05) is 6.42 Å². The van der Waals surface area contributed by atoms with Crippen LogP contribution in [0.3, 0.4) is 0 Å². The maximum Gasteiger partial charge on any atom is 0.220 e. The van der Waals surface area contributed by atoms with E-state index in [1.807, 2.05) is 6.08 Å². The lowest BCUT2D eigenvalue weighted by atomic mass is 10.0. The second kappa shape index (κ2) is 41.8. The van der Waals surface area contributed by atoms with Crippen molar-refractivity contribution in [1.29, 1.82) is 0 Å². The quantitative estimate of drug-likeness (QED) is 0.0442. The predicted octanol–water partition coefficient (Wildman–Crippen LogP) is 13.6. The predicted molar refractivity (Wildman–Crippen MR) is 221 cm³/mol. The van der Waals surface area contributed by atoms with Gasteiger partial charge in [-0.1, -0.05) is 210 Å². The zero-order chi connectivity index (χ0) is 36.4. The second-order valence-corrected chi connectivity index (χ2v) is 14.8. The van der Waals surface area contributed by atoms with E-state index in [0.717, 1.165) is 38.5 Å². The zero-order valence-electron chi connectivity index (χ0n) is 33.4. The summed E-state index contributed by atoms with van der Waals surface area (Å²) in [5.41, 5.74) is 0. The molecule has 0 aliphatic rings. The van der Waals surface area contributed by atoms with Crippen molar-refractivity contribution >= 4 is 5.91 Å². The van der Waals surface area contributed by atoms with Crippen molar-refractivity contribution in [2.24, 2.45) is 0 Å². The first-order valence-corrected chi connectivity index (χ1v) is 21.9. The molecule has 4 nitrogen and oxygen atoms in total. The molecule has 0 bridgehead atoms. The molecule has 0 aliphatic heterocycles. The van der Waals surface area contributed by atoms with Crippen LogP contribution in [-0.4, -0.2) is 34.9 Å². The van der Waals surface area contributed by atoms with Crippen LogP contribution < -0.4 is 5.32 Å². The van der Waals surface area contributed by atoms with Gasteiger partial charge in [-0.05, 0) is 51.4 Å². The summed E-state index contributed by atoms with van der Waals surface area (Å²) < 4.78 is 0. The van der Waals surface area contributed by atoms with Crippen LogP contribution in [-0.2, 0) is 4.79 Å². The Morgan fingerprint density at radius 2 is 0.860 bits per heavy atom. The molecule has 292 valence electrons. The smallest absolute Gasteiger partial charge is 0.220 e. The van der Waals surface area contributed by atoms with Crippen LogP contribution in [0.2, 0.25) is 0 Å². The first-order chi connectivity index (χ1) is 24.7. The fourth-order valence-corrected chi connectivity index (χ4v) is 6.43. The SMILES string of the molecule is CCC/C=C/C(O)C(CO)NC(=O)CCCCCCCCCCCCCCCCCCCCCC/C=C\C/C=C\C/C=C\CCCCCCC. The molecule has 1 amide bonds. The standard InChI is InChI=1S/C46H85NO3/c1-3-5-7-8-9-10-11-12-13-14-15-16-17-18-19-20-21-22-23-24-25-26-27-28-29-30-31-32-33-34-35-36-37-38-40-42-46(50)47-44(43-48)45(49)41-39-6-4-2/h11-12,14-15,17-18,39,41,44-45,48-49H,3-10,13,16,19-38,40,42-43H2,1-2H3,(H,47,50)/b12-11-,15-14-,18-17-,41-39+. The summed E-state index contributed by atoms with van der Waals surface area (Å²) in [4.78, 5) is 12.2. The lowest BCUT2D eigenvalue weighted by Crippen LogP contribution is -2.45. The molecule has 50 heavy (non-hydrogen) atoms. The van der Waals surface area contributed by atoms with E-state index in [-0.39, 0.29) is 12.5 Å². The number of nitrogens with one attached hydrogen (secondary N) is 1. The number of unbranched alkanes of at least 4 members (excludes halogenated alkanes) is 26. The highest BCUT2D eigenvalue weighted by Gasteiger charge is 2.17. The third-order valence-electron chi connectivity index (χ3n) is 9.79. The van der Waals surface area contributed by atoms with Crippen LogP contribution in [0.4, 0.5) is 0 Å². The molecule has 2 atom stereocenters. The summed E-state index contributed by atoms with van der Waals surface area (Å²) in [7, 11) is 0. The maximum atomic E-state index is 12.2. The molecule has 0 rings (SSSR count). The highest BCUT2D eigenvalue weighted by atomic mass is 16.3. The monoisotopic (exact) mass is 700 g/mol. The lowest BCUT2D eigenvalue weighted by Gasteiger charge is -2.19. The summed E-state index contributed by atoms with van der Waals surface area (Å²) in [5, 5.41) is 22.4. The second-order valence-electron chi connectivity index (χ2n) is 14.8. The van der Waals surface area contributed by atoms with Crippen molar-refractivity contribution in [2.45, 2.75) is 231 Å². The Balaban J connectivity index is 3.33. The van der Waals surface area contributed by atoms with Gasteiger partial charge in [-0.15, -0.1) is 0 Å². The Kier molecular flexibility index (Phi) is 40.4. The molecule has 2 unspecified atom stereocenters. The van der Waals surface area contributed by atoms with Gasteiger partial charge in [-0.25, -0.2) is 0 Å². The lowest BCUT2D eigenvalue weighted by molar-refractivity contribution is -0.123. The van der Waals surface area contributed by atoms with Gasteiger partial charge in [0.15, 0.2) is 0 Å². The molecule has 0 saturated heterocycles. The number of aliphatic hydroxyl groups is 2. The first-order valence-electron chi connectivity index (χ1n) is 21.9. The van der Waals surface area contributed by atoms with Gasteiger partial charge < -0.3 is 15.5 Å². The van der Waals surface area contributed by atoms with Crippen LogP contribution in [0.5, 0.6) is 0 Å². The van der Waals surface area contributed by atoms with Gasteiger partial charge in [-0.2, -0.15) is 0 Å². The molecule has 0 aliphatic carbocycles. The maximum absolute atomic E-state index is 12.2. The van der Waals surface area contributed by atoms with Crippen LogP contribution in [0, 0.1) is 0 Å². The fourth-order valence-electron chi connectivity index (χ4n) is 6.43. The van der Waals surface area contributed by atoms with E-state index in [9.17, 15) is 15.0 Å². The van der Waals surface area contributed by atoms with Gasteiger partial charge in [-0.3, -0.25) is 4.79 Å². The van der Waals surface area contributed by atoms with E-state index in [0.29, 0.717) is 6.42 Å². The van der Waals surface area contributed by atoms with Gasteiger partial charge in [0.05, 0.1) is 18.8 Å². The summed E-state index contributed by atoms with van der Waals surface area (Å²) >= 11 is 0. The average Bonchev–Trinajstić information content (AvgIpc) is 3.12. The minimum atomic E-state index is -0.833. The van der Waals surface area contributed by atoms with Crippen molar-refractivity contribution in [3.8, 4) is 0 Å². The molecule has 0 fully saturated rings. The highest BCUT2D eigenvalue weighted by Crippen LogP contribution is 2.15. The van der Waals surface area contributed by atoms with E-state index in [2.05, 4.69) is 55.6 Å². The van der Waals surface area contributed by atoms with E-state index >= 15 is 0 Å². The Morgan fingerprint density at radius 3 is 1.26 bits per heavy atom. The third-order valence-corrected chi connectivity index (χ3v) is 9.79. The largest absolute Gasteiger partial charge is 0.394 e. The molecule has 4 heteroatoms. The zero-order valence-corrected chi connectivity index (χ0v) is 33.4. The Hall–Kier alpha value is -1.65. The molecular weight excluding hydrogens is 615 g/mol. The van der Waals surface area contributed by atoms with E-state index in [1.54, 1.807) is 6.08 Å². The van der Waals surface area contributed by atoms with Crippen LogP contribution in [0.25, 0.3) is 0 Å². The molecule has 3 N–H and O–H groups in total. The number of hydrogen-bond donors (Lipinski definition) is 3. The molecule has 0 saturated carbocycles. The number of aliphatic hydroxyl groups excluding tert-OH is 2. The van der Waals surface area contributed by atoms with Crippen molar-refractivity contribution in [1.82, 2.24) is 5.32 Å². The molecule has 0 aromatic rings. The highest BCUT2D eigenvalue weighted by molar-refractivity contribution is 5.76. The average molecular weight is 700 g/mol. The van der Waals surface area contributed by atoms with Gasteiger partial charge in [0.2, 0.25) is 5.91 Å². The Labute approximate surface area is 312 Å². The molecular formula is C46H85NO3. The van der Waals surface area contributed by atoms with Gasteiger partial charge >= 0.3 is 0 Å². The van der Waals surface area contributed by atoms with Crippen molar-refractivity contribution < 1.29 is 15.0 Å². The minimum Gasteiger partial charge on any atom is -0.394 e. The Bertz CT molecular complexity index is 801. The Morgan fingerprint density at radius 1 is 0.480 bits per heavy atom. The van der Waals surface area contributed by atoms with Crippen molar-refractivity contribution in [3.63, 3.8) is 0 Å². The number of amides is 1. The number of hydrogen-bond acceptors (Lipinski definition) is 3. The number of carbonyl (C=O) groups is 1. The summed E-state index contributed by atoms with van der Waals surface area (Å²) in [6.45, 7) is 4.10. The summed E-state index contributed by atoms with van der Waals surface area (Å²) in [5.74, 6) is -0.0753. The molecule has 0 spiro atoms. The van der Waals surface area contributed by atoms with Crippen LogP contribution >= 0.6 is 0 Å². The first kappa shape index (κ1) is 48.3. The topological polar surface area (TPSA) is 69.6 Å². The van der Waals surface area contributed by atoms with E-state index in [1.165, 1.54) is 161 Å². The van der Waals surface area contributed by atoms with Crippen molar-refractivity contribution in [3.05, 3.63) is 48.6 Å². The van der Waals surface area contributed by atoms with E-state index < -0.39 is 12.1 Å². The molecule has 0 heterocycles. The number of rotatable bonds is 39. The van der Waals surface area contributed by atoms with Crippen LogP contribution in [0.15, 0.2) is 48.6 Å². The normalized spacial score (nSPS) is 13.4. The number of carbonyl (C=O) groups excluding carboxylic acids is 1. The van der Waals surface area contributed by atoms with E-state index in [4.69, 9.17) is 0 Å². The van der Waals surface area contributed by atoms with Crippen molar-refractivity contribution in [2.75, 3.05) is 6.61 Å². The fraction of sp³-hybridized carbons (Fsp3) is 0.804. The van der Waals surface area contributed by atoms with Gasteiger partial charge in [0.25, 0.3) is 0 Å². The van der Waals surface area contributed by atoms with Crippen LogP contribution in [0.1, 0.15) is 219 Å². The minimum absolute atomic E-state index is 0.0753. The molecule has 0 aromatic heterocycles. The third kappa shape index (κ3) is 37.6. The molecule has 0 aromatic carbocycles. The summed E-state index contributed by atoms with van der Waals surface area (Å²) in [6.07, 6.45) is 57.4. The number of allylic oxidation sites excluding steroid dienone is 7. The van der Waals surface area contributed by atoms with Gasteiger partial charge in [0.1, 0.15) is 0 Å². The molecule has 0 radical (unpaired) electrons. The summed E-state index contributed by atoms with van der Waals surface area (Å²) in [6, 6.07) is -0.616.